The van der Waals surface area contributed by atoms with Crippen molar-refractivity contribution in [2.45, 2.75) is 26.4 Å². The molecule has 21 heavy (non-hydrogen) atoms. The van der Waals surface area contributed by atoms with Crippen LogP contribution in [0.25, 0.3) is 16.7 Å². The number of nitrogens with zero attached hydrogens (tertiary/aromatic N) is 3. The molecule has 3 aromatic rings. The van der Waals surface area contributed by atoms with E-state index in [-0.39, 0.29) is 11.4 Å². The molecular weight excluding hydrogens is 266 g/mol. The van der Waals surface area contributed by atoms with Crippen molar-refractivity contribution < 1.29 is 9.84 Å². The van der Waals surface area contributed by atoms with Crippen LogP contribution in [0.3, 0.4) is 0 Å². The summed E-state index contributed by atoms with van der Waals surface area (Å²) >= 11 is 0. The molecule has 0 fully saturated rings. The maximum absolute atomic E-state index is 10.2. The SMILES string of the molecule is CC(C)(C)Oc1ccc(-n2nc3ccccc3n2)c(O)c1. The molecule has 3 rings (SSSR count). The minimum Gasteiger partial charge on any atom is -0.505 e. The molecule has 0 unspecified atom stereocenters. The van der Waals surface area contributed by atoms with Gasteiger partial charge in [-0.3, -0.25) is 0 Å². The van der Waals surface area contributed by atoms with E-state index in [0.29, 0.717) is 11.4 Å². The molecule has 0 radical (unpaired) electrons. The van der Waals surface area contributed by atoms with Crippen molar-refractivity contribution in [1.29, 1.82) is 0 Å². The van der Waals surface area contributed by atoms with Gasteiger partial charge in [0.2, 0.25) is 0 Å². The molecule has 1 aromatic heterocycles. The predicted molar refractivity (Wildman–Crippen MR) is 80.9 cm³/mol. The van der Waals surface area contributed by atoms with Crippen LogP contribution >= 0.6 is 0 Å². The monoisotopic (exact) mass is 283 g/mol. The van der Waals surface area contributed by atoms with E-state index in [0.717, 1.165) is 11.0 Å². The van der Waals surface area contributed by atoms with E-state index in [2.05, 4.69) is 10.2 Å². The fourth-order valence-corrected chi connectivity index (χ4v) is 2.06. The molecule has 0 aliphatic rings. The summed E-state index contributed by atoms with van der Waals surface area (Å²) in [7, 11) is 0. The third-order valence-electron chi connectivity index (χ3n) is 2.87. The Labute approximate surface area is 122 Å². The molecule has 0 saturated carbocycles. The normalized spacial score (nSPS) is 11.8. The Kier molecular flexibility index (Phi) is 3.05. The highest BCUT2D eigenvalue weighted by atomic mass is 16.5. The lowest BCUT2D eigenvalue weighted by Crippen LogP contribution is -2.22. The lowest BCUT2D eigenvalue weighted by Gasteiger charge is -2.21. The first-order chi connectivity index (χ1) is 9.92. The van der Waals surface area contributed by atoms with Gasteiger partial charge < -0.3 is 9.84 Å². The minimum atomic E-state index is -0.313. The van der Waals surface area contributed by atoms with Gasteiger partial charge in [0.05, 0.1) is 0 Å². The van der Waals surface area contributed by atoms with Gasteiger partial charge in [-0.2, -0.15) is 0 Å². The number of aromatic hydroxyl groups is 1. The third kappa shape index (κ3) is 2.81. The quantitative estimate of drug-likeness (QED) is 0.784. The number of ether oxygens (including phenoxy) is 1. The Morgan fingerprint density at radius 3 is 2.14 bits per heavy atom. The number of hydrogen-bond acceptors (Lipinski definition) is 4. The van der Waals surface area contributed by atoms with Crippen LogP contribution in [-0.4, -0.2) is 25.7 Å². The maximum atomic E-state index is 10.2. The highest BCUT2D eigenvalue weighted by molar-refractivity contribution is 5.73. The average Bonchev–Trinajstić information content (AvgIpc) is 2.80. The van der Waals surface area contributed by atoms with Crippen LogP contribution in [0.5, 0.6) is 11.5 Å². The van der Waals surface area contributed by atoms with E-state index >= 15 is 0 Å². The Balaban J connectivity index is 1.99. The highest BCUT2D eigenvalue weighted by Gasteiger charge is 2.14. The van der Waals surface area contributed by atoms with Crippen LogP contribution in [0, 0.1) is 0 Å². The van der Waals surface area contributed by atoms with Crippen molar-refractivity contribution in [3.05, 3.63) is 42.5 Å². The zero-order valence-corrected chi connectivity index (χ0v) is 12.2. The Morgan fingerprint density at radius 2 is 1.62 bits per heavy atom. The lowest BCUT2D eigenvalue weighted by molar-refractivity contribution is 0.130. The molecule has 0 spiro atoms. The smallest absolute Gasteiger partial charge is 0.146 e. The molecule has 1 N–H and O–H groups in total. The van der Waals surface area contributed by atoms with Crippen molar-refractivity contribution in [2.24, 2.45) is 0 Å². The summed E-state index contributed by atoms with van der Waals surface area (Å²) in [5.74, 6) is 0.692. The van der Waals surface area contributed by atoms with E-state index in [1.165, 1.54) is 4.80 Å². The number of rotatable bonds is 2. The standard InChI is InChI=1S/C16H17N3O2/c1-16(2,3)21-11-8-9-14(15(20)10-11)19-17-12-6-4-5-7-13(12)18-19/h4-10,20H,1-3H3. The van der Waals surface area contributed by atoms with Gasteiger partial charge >= 0.3 is 0 Å². The van der Waals surface area contributed by atoms with Gasteiger partial charge in [-0.25, -0.2) is 0 Å². The molecule has 2 aromatic carbocycles. The highest BCUT2D eigenvalue weighted by Crippen LogP contribution is 2.28. The van der Waals surface area contributed by atoms with Crippen LogP contribution in [-0.2, 0) is 0 Å². The zero-order chi connectivity index (χ0) is 15.0. The first-order valence-corrected chi connectivity index (χ1v) is 6.77. The molecule has 5 heteroatoms. The van der Waals surface area contributed by atoms with Crippen LogP contribution in [0.4, 0.5) is 0 Å². The number of fused-ring (bicyclic) bond motifs is 1. The molecule has 0 bridgehead atoms. The van der Waals surface area contributed by atoms with Gasteiger partial charge in [-0.1, -0.05) is 12.1 Å². The second-order valence-electron chi connectivity index (χ2n) is 5.84. The number of benzene rings is 2. The first kappa shape index (κ1) is 13.4. The second-order valence-corrected chi connectivity index (χ2v) is 5.84. The van der Waals surface area contributed by atoms with E-state index in [1.807, 2.05) is 45.0 Å². The van der Waals surface area contributed by atoms with E-state index in [1.54, 1.807) is 18.2 Å². The second kappa shape index (κ2) is 4.77. The molecule has 0 aliphatic heterocycles. The van der Waals surface area contributed by atoms with Crippen molar-refractivity contribution in [3.63, 3.8) is 0 Å². The molecule has 108 valence electrons. The van der Waals surface area contributed by atoms with Gasteiger partial charge in [0.15, 0.2) is 0 Å². The van der Waals surface area contributed by atoms with Crippen molar-refractivity contribution in [2.75, 3.05) is 0 Å². The zero-order valence-electron chi connectivity index (χ0n) is 12.2. The maximum Gasteiger partial charge on any atom is 0.146 e. The summed E-state index contributed by atoms with van der Waals surface area (Å²) in [4.78, 5) is 1.43. The van der Waals surface area contributed by atoms with Crippen LogP contribution < -0.4 is 4.74 Å². The summed E-state index contributed by atoms with van der Waals surface area (Å²) in [5, 5.41) is 18.9. The summed E-state index contributed by atoms with van der Waals surface area (Å²) in [5.41, 5.74) is 1.78. The van der Waals surface area contributed by atoms with Gasteiger partial charge in [0.25, 0.3) is 0 Å². The molecular formula is C16H17N3O2. The molecule has 1 heterocycles. The summed E-state index contributed by atoms with van der Waals surface area (Å²) in [6, 6.07) is 12.7. The first-order valence-electron chi connectivity index (χ1n) is 6.77. The largest absolute Gasteiger partial charge is 0.505 e. The van der Waals surface area contributed by atoms with E-state index in [9.17, 15) is 5.11 Å². The van der Waals surface area contributed by atoms with Crippen molar-refractivity contribution >= 4 is 11.0 Å². The van der Waals surface area contributed by atoms with Gasteiger partial charge in [0.1, 0.15) is 33.8 Å². The molecule has 5 nitrogen and oxygen atoms in total. The average molecular weight is 283 g/mol. The van der Waals surface area contributed by atoms with Gasteiger partial charge in [-0.15, -0.1) is 15.0 Å². The fourth-order valence-electron chi connectivity index (χ4n) is 2.06. The summed E-state index contributed by atoms with van der Waals surface area (Å²) < 4.78 is 5.72. The summed E-state index contributed by atoms with van der Waals surface area (Å²) in [6.07, 6.45) is 0. The van der Waals surface area contributed by atoms with Gasteiger partial charge in [-0.05, 0) is 45.0 Å². The molecule has 0 saturated heterocycles. The Bertz CT molecular complexity index is 755. The lowest BCUT2D eigenvalue weighted by atomic mass is 10.2. The van der Waals surface area contributed by atoms with Crippen molar-refractivity contribution in [3.8, 4) is 17.2 Å². The van der Waals surface area contributed by atoms with Gasteiger partial charge in [0, 0.05) is 6.07 Å². The number of aromatic nitrogens is 3. The predicted octanol–water partition coefficient (Wildman–Crippen LogP) is 3.30. The van der Waals surface area contributed by atoms with Crippen molar-refractivity contribution in [1.82, 2.24) is 15.0 Å². The van der Waals surface area contributed by atoms with Crippen LogP contribution in [0.2, 0.25) is 0 Å². The minimum absolute atomic E-state index is 0.0806. The van der Waals surface area contributed by atoms with E-state index < -0.39 is 0 Å². The molecule has 0 amide bonds. The Morgan fingerprint density at radius 1 is 1.00 bits per heavy atom. The fraction of sp³-hybridized carbons (Fsp3) is 0.250. The van der Waals surface area contributed by atoms with Crippen LogP contribution in [0.15, 0.2) is 42.5 Å². The van der Waals surface area contributed by atoms with Crippen LogP contribution in [0.1, 0.15) is 20.8 Å². The van der Waals surface area contributed by atoms with E-state index in [4.69, 9.17) is 4.74 Å². The number of hydrogen-bond donors (Lipinski definition) is 1. The number of phenolic OH excluding ortho intramolecular Hbond substituents is 1. The Hall–Kier alpha value is -2.56. The number of phenols is 1. The third-order valence-corrected chi connectivity index (χ3v) is 2.87. The summed E-state index contributed by atoms with van der Waals surface area (Å²) in [6.45, 7) is 5.87. The molecule has 0 atom stereocenters. The topological polar surface area (TPSA) is 60.2 Å². The molecule has 0 aliphatic carbocycles.